The number of anilines is 1. The summed E-state index contributed by atoms with van der Waals surface area (Å²) in [5.74, 6) is 0.628. The minimum absolute atomic E-state index is 0.0453. The summed E-state index contributed by atoms with van der Waals surface area (Å²) in [5, 5.41) is 8.19. The molecule has 0 saturated carbocycles. The molecule has 2 N–H and O–H groups in total. The number of nitrogens with one attached hydrogen (secondary N) is 2. The fourth-order valence-electron chi connectivity index (χ4n) is 2.82. The third-order valence-corrected chi connectivity index (χ3v) is 4.41. The monoisotopic (exact) mass is 353 g/mol. The predicted octanol–water partition coefficient (Wildman–Crippen LogP) is 3.44. The van der Waals surface area contributed by atoms with Crippen molar-refractivity contribution < 1.29 is 9.63 Å². The number of carbonyl (C=O) groups excluding carboxylic acids is 1. The van der Waals surface area contributed by atoms with Crippen molar-refractivity contribution in [1.29, 1.82) is 0 Å². The van der Waals surface area contributed by atoms with Crippen LogP contribution in [-0.2, 0) is 5.41 Å². The van der Waals surface area contributed by atoms with Crippen LogP contribution in [-0.4, -0.2) is 37.1 Å². The Kier molecular flexibility index (Phi) is 5.59. The van der Waals surface area contributed by atoms with E-state index in [9.17, 15) is 4.79 Å². The molecule has 0 aliphatic carbocycles. The van der Waals surface area contributed by atoms with E-state index in [1.54, 1.807) is 12.1 Å². The summed E-state index contributed by atoms with van der Waals surface area (Å²) in [6.45, 7) is 10.0. The number of carbonyl (C=O) groups is 1. The standard InChI is InChI=1S/C21H27N3O2/c1-21(2,3)17-5-4-6-18(15-17)23-20(25)16-7-9-19(10-8-16)26-24-13-11-22-12-14-24/h4-10,15,22H,11-14H2,1-3H3,(H,23,25). The van der Waals surface area contributed by atoms with Crippen molar-refractivity contribution in [2.75, 3.05) is 31.5 Å². The lowest BCUT2D eigenvalue weighted by Crippen LogP contribution is -2.45. The minimum Gasteiger partial charge on any atom is -0.406 e. The maximum Gasteiger partial charge on any atom is 0.255 e. The molecule has 1 aliphatic rings. The Hall–Kier alpha value is -2.37. The molecule has 2 aromatic rings. The highest BCUT2D eigenvalue weighted by Crippen LogP contribution is 2.25. The second-order valence-corrected chi connectivity index (χ2v) is 7.58. The smallest absolute Gasteiger partial charge is 0.255 e. The van der Waals surface area contributed by atoms with E-state index in [0.717, 1.165) is 37.6 Å². The van der Waals surface area contributed by atoms with E-state index in [2.05, 4.69) is 37.5 Å². The maximum absolute atomic E-state index is 12.5. The number of benzene rings is 2. The first-order valence-electron chi connectivity index (χ1n) is 9.07. The van der Waals surface area contributed by atoms with E-state index in [-0.39, 0.29) is 11.3 Å². The van der Waals surface area contributed by atoms with Gasteiger partial charge >= 0.3 is 0 Å². The zero-order chi connectivity index (χ0) is 18.6. The summed E-state index contributed by atoms with van der Waals surface area (Å²) in [4.78, 5) is 18.3. The van der Waals surface area contributed by atoms with E-state index in [1.807, 2.05) is 35.4 Å². The van der Waals surface area contributed by atoms with Gasteiger partial charge < -0.3 is 15.5 Å². The molecule has 0 bridgehead atoms. The van der Waals surface area contributed by atoms with Gasteiger partial charge in [-0.1, -0.05) is 32.9 Å². The number of piperazine rings is 1. The summed E-state index contributed by atoms with van der Waals surface area (Å²) >= 11 is 0. The number of nitrogens with zero attached hydrogens (tertiary/aromatic N) is 1. The van der Waals surface area contributed by atoms with Crippen LogP contribution in [0, 0.1) is 0 Å². The second-order valence-electron chi connectivity index (χ2n) is 7.58. The van der Waals surface area contributed by atoms with Crippen molar-refractivity contribution in [3.8, 4) is 5.75 Å². The van der Waals surface area contributed by atoms with Crippen molar-refractivity contribution in [1.82, 2.24) is 10.4 Å². The van der Waals surface area contributed by atoms with Crippen molar-refractivity contribution in [3.63, 3.8) is 0 Å². The van der Waals surface area contributed by atoms with Crippen LogP contribution in [0.3, 0.4) is 0 Å². The number of hydroxylamine groups is 2. The Morgan fingerprint density at radius 3 is 2.42 bits per heavy atom. The molecule has 26 heavy (non-hydrogen) atoms. The Labute approximate surface area is 155 Å². The van der Waals surface area contributed by atoms with E-state index >= 15 is 0 Å². The summed E-state index contributed by atoms with van der Waals surface area (Å²) in [7, 11) is 0. The van der Waals surface area contributed by atoms with Crippen molar-refractivity contribution in [2.24, 2.45) is 0 Å². The number of rotatable bonds is 4. The molecule has 1 aliphatic heterocycles. The first kappa shape index (κ1) is 18.4. The Bertz CT molecular complexity index is 745. The van der Waals surface area contributed by atoms with Gasteiger partial charge in [-0.05, 0) is 47.4 Å². The van der Waals surface area contributed by atoms with Crippen molar-refractivity contribution in [3.05, 3.63) is 59.7 Å². The average molecular weight is 353 g/mol. The van der Waals surface area contributed by atoms with Gasteiger partial charge in [-0.3, -0.25) is 4.79 Å². The molecule has 0 unspecified atom stereocenters. The molecule has 5 heteroatoms. The van der Waals surface area contributed by atoms with Gasteiger partial charge in [0, 0.05) is 37.4 Å². The molecular formula is C21H27N3O2. The van der Waals surface area contributed by atoms with Gasteiger partial charge in [0.25, 0.3) is 5.91 Å². The van der Waals surface area contributed by atoms with Crippen LogP contribution in [0.1, 0.15) is 36.7 Å². The molecule has 0 radical (unpaired) electrons. The molecule has 5 nitrogen and oxygen atoms in total. The van der Waals surface area contributed by atoms with Crippen molar-refractivity contribution in [2.45, 2.75) is 26.2 Å². The van der Waals surface area contributed by atoms with Crippen LogP contribution in [0.25, 0.3) is 0 Å². The molecular weight excluding hydrogens is 326 g/mol. The van der Waals surface area contributed by atoms with Gasteiger partial charge in [0.05, 0.1) is 0 Å². The van der Waals surface area contributed by atoms with Crippen LogP contribution in [0.4, 0.5) is 5.69 Å². The first-order valence-corrected chi connectivity index (χ1v) is 9.07. The molecule has 1 heterocycles. The zero-order valence-corrected chi connectivity index (χ0v) is 15.7. The van der Waals surface area contributed by atoms with E-state index in [4.69, 9.17) is 4.84 Å². The SMILES string of the molecule is CC(C)(C)c1cccc(NC(=O)c2ccc(ON3CCNCC3)cc2)c1. The molecule has 1 fully saturated rings. The fraction of sp³-hybridized carbons (Fsp3) is 0.381. The number of amides is 1. The molecule has 1 amide bonds. The number of hydrogen-bond acceptors (Lipinski definition) is 4. The molecule has 2 aromatic carbocycles. The quantitative estimate of drug-likeness (QED) is 0.884. The van der Waals surface area contributed by atoms with Gasteiger partial charge in [0.15, 0.2) is 0 Å². The Morgan fingerprint density at radius 2 is 1.77 bits per heavy atom. The van der Waals surface area contributed by atoms with Gasteiger partial charge in [0.2, 0.25) is 0 Å². The van der Waals surface area contributed by atoms with E-state index in [0.29, 0.717) is 5.56 Å². The summed E-state index contributed by atoms with van der Waals surface area (Å²) in [6, 6.07) is 15.2. The normalized spacial score (nSPS) is 15.5. The third-order valence-electron chi connectivity index (χ3n) is 4.41. The molecule has 1 saturated heterocycles. The second kappa shape index (κ2) is 7.89. The fourth-order valence-corrected chi connectivity index (χ4v) is 2.82. The molecule has 0 atom stereocenters. The third kappa shape index (κ3) is 4.84. The van der Waals surface area contributed by atoms with E-state index < -0.39 is 0 Å². The average Bonchev–Trinajstić information content (AvgIpc) is 2.63. The molecule has 0 spiro atoms. The summed E-state index contributed by atoms with van der Waals surface area (Å²) in [6.07, 6.45) is 0. The van der Waals surface area contributed by atoms with Crippen LogP contribution in [0.15, 0.2) is 48.5 Å². The van der Waals surface area contributed by atoms with Gasteiger partial charge in [0.1, 0.15) is 5.75 Å². The Morgan fingerprint density at radius 1 is 1.08 bits per heavy atom. The Balaban J connectivity index is 1.63. The van der Waals surface area contributed by atoms with Gasteiger partial charge in [-0.25, -0.2) is 0 Å². The molecule has 3 rings (SSSR count). The highest BCUT2D eigenvalue weighted by Gasteiger charge is 2.15. The van der Waals surface area contributed by atoms with Crippen LogP contribution < -0.4 is 15.5 Å². The highest BCUT2D eigenvalue weighted by atomic mass is 16.7. The predicted molar refractivity (Wildman–Crippen MR) is 105 cm³/mol. The molecule has 138 valence electrons. The maximum atomic E-state index is 12.5. The lowest BCUT2D eigenvalue weighted by Gasteiger charge is -2.26. The zero-order valence-electron chi connectivity index (χ0n) is 15.7. The lowest BCUT2D eigenvalue weighted by atomic mass is 9.87. The largest absolute Gasteiger partial charge is 0.406 e. The lowest BCUT2D eigenvalue weighted by molar-refractivity contribution is -0.0664. The van der Waals surface area contributed by atoms with E-state index in [1.165, 1.54) is 5.56 Å². The highest BCUT2D eigenvalue weighted by molar-refractivity contribution is 6.04. The van der Waals surface area contributed by atoms with Gasteiger partial charge in [-0.2, -0.15) is 0 Å². The van der Waals surface area contributed by atoms with Crippen LogP contribution >= 0.6 is 0 Å². The van der Waals surface area contributed by atoms with Crippen molar-refractivity contribution >= 4 is 11.6 Å². The molecule has 0 aromatic heterocycles. The topological polar surface area (TPSA) is 53.6 Å². The van der Waals surface area contributed by atoms with Gasteiger partial charge in [-0.15, -0.1) is 5.06 Å². The van der Waals surface area contributed by atoms with Crippen LogP contribution in [0.5, 0.6) is 5.75 Å². The number of hydrogen-bond donors (Lipinski definition) is 2. The minimum atomic E-state index is -0.121. The van der Waals surface area contributed by atoms with Crippen LogP contribution in [0.2, 0.25) is 0 Å². The first-order chi connectivity index (χ1) is 12.4. The summed E-state index contributed by atoms with van der Waals surface area (Å²) in [5.41, 5.74) is 2.65. The summed E-state index contributed by atoms with van der Waals surface area (Å²) < 4.78 is 0.